The van der Waals surface area contributed by atoms with Crippen LogP contribution in [0.1, 0.15) is 38.2 Å². The number of ether oxygens (including phenoxy) is 2. The van der Waals surface area contributed by atoms with E-state index in [0.29, 0.717) is 24.7 Å². The third-order valence-corrected chi connectivity index (χ3v) is 3.50. The summed E-state index contributed by atoms with van der Waals surface area (Å²) in [6, 6.07) is 5.44. The van der Waals surface area contributed by atoms with Crippen molar-refractivity contribution in [3.8, 4) is 11.5 Å². The maximum absolute atomic E-state index is 11.5. The number of rotatable bonds is 5. The monoisotopic (exact) mass is 264 g/mol. The summed E-state index contributed by atoms with van der Waals surface area (Å²) in [6.45, 7) is 5.11. The van der Waals surface area contributed by atoms with Crippen LogP contribution in [0.15, 0.2) is 18.2 Å². The molecule has 0 saturated heterocycles. The van der Waals surface area contributed by atoms with Gasteiger partial charge in [-0.15, -0.1) is 0 Å². The Morgan fingerprint density at radius 1 is 1.32 bits per heavy atom. The van der Waals surface area contributed by atoms with Crippen molar-refractivity contribution in [1.29, 1.82) is 0 Å². The predicted octanol–water partition coefficient (Wildman–Crippen LogP) is 3.06. The Morgan fingerprint density at radius 2 is 2.00 bits per heavy atom. The molecular weight excluding hydrogens is 244 g/mol. The second kappa shape index (κ2) is 5.95. The summed E-state index contributed by atoms with van der Waals surface area (Å²) in [5, 5.41) is 9.46. The molecule has 0 aliphatic carbocycles. The zero-order valence-corrected chi connectivity index (χ0v) is 11.4. The van der Waals surface area contributed by atoms with Crippen LogP contribution in [-0.4, -0.2) is 24.3 Å². The van der Waals surface area contributed by atoms with Crippen molar-refractivity contribution in [2.75, 3.05) is 13.2 Å². The molecule has 1 heterocycles. The van der Waals surface area contributed by atoms with Gasteiger partial charge in [-0.3, -0.25) is 4.79 Å². The molecule has 1 aliphatic heterocycles. The Kier molecular flexibility index (Phi) is 4.30. The van der Waals surface area contributed by atoms with Gasteiger partial charge >= 0.3 is 5.97 Å². The molecule has 4 heteroatoms. The maximum atomic E-state index is 11.5. The van der Waals surface area contributed by atoms with Gasteiger partial charge in [0.25, 0.3) is 0 Å². The average Bonchev–Trinajstić information content (AvgIpc) is 2.38. The number of carboxylic acids is 1. The maximum Gasteiger partial charge on any atom is 0.311 e. The molecule has 0 spiro atoms. The lowest BCUT2D eigenvalue weighted by Gasteiger charge is -2.23. The Bertz CT molecular complexity index is 455. The van der Waals surface area contributed by atoms with Crippen molar-refractivity contribution in [2.45, 2.75) is 32.6 Å². The molecule has 0 bridgehead atoms. The first-order chi connectivity index (χ1) is 9.13. The molecule has 19 heavy (non-hydrogen) atoms. The molecule has 1 aromatic carbocycles. The van der Waals surface area contributed by atoms with E-state index < -0.39 is 11.9 Å². The van der Waals surface area contributed by atoms with Crippen molar-refractivity contribution < 1.29 is 19.4 Å². The molecule has 1 aliphatic rings. The van der Waals surface area contributed by atoms with Gasteiger partial charge in [0, 0.05) is 0 Å². The summed E-state index contributed by atoms with van der Waals surface area (Å²) in [7, 11) is 0. The van der Waals surface area contributed by atoms with E-state index in [1.165, 1.54) is 0 Å². The molecule has 2 rings (SSSR count). The third kappa shape index (κ3) is 3.00. The minimum atomic E-state index is -0.780. The van der Waals surface area contributed by atoms with Crippen LogP contribution in [0.3, 0.4) is 0 Å². The Labute approximate surface area is 113 Å². The third-order valence-electron chi connectivity index (χ3n) is 3.50. The smallest absolute Gasteiger partial charge is 0.311 e. The summed E-state index contributed by atoms with van der Waals surface area (Å²) in [5.74, 6) is 0.180. The van der Waals surface area contributed by atoms with E-state index in [2.05, 4.69) is 6.92 Å². The number of hydrogen-bond donors (Lipinski definition) is 1. The molecule has 0 saturated carbocycles. The topological polar surface area (TPSA) is 55.8 Å². The number of carboxylic acid groups (broad SMARTS) is 1. The number of carbonyl (C=O) groups is 1. The van der Waals surface area contributed by atoms with Crippen molar-refractivity contribution in [2.24, 2.45) is 5.92 Å². The van der Waals surface area contributed by atoms with Gasteiger partial charge in [-0.1, -0.05) is 26.3 Å². The first kappa shape index (κ1) is 13.7. The lowest BCUT2D eigenvalue weighted by molar-refractivity contribution is -0.140. The Balaban J connectivity index is 2.29. The van der Waals surface area contributed by atoms with Gasteiger partial charge in [0.05, 0.1) is 5.92 Å². The van der Waals surface area contributed by atoms with E-state index in [4.69, 9.17) is 9.47 Å². The molecule has 1 N–H and O–H groups in total. The van der Waals surface area contributed by atoms with Crippen LogP contribution < -0.4 is 9.47 Å². The quantitative estimate of drug-likeness (QED) is 0.888. The molecular formula is C15H20O4. The van der Waals surface area contributed by atoms with Crippen LogP contribution in [0.25, 0.3) is 0 Å². The second-order valence-corrected chi connectivity index (χ2v) is 4.98. The first-order valence-corrected chi connectivity index (χ1v) is 6.75. The highest BCUT2D eigenvalue weighted by molar-refractivity contribution is 5.77. The molecule has 0 fully saturated rings. The van der Waals surface area contributed by atoms with Crippen LogP contribution >= 0.6 is 0 Å². The lowest BCUT2D eigenvalue weighted by atomic mass is 9.84. The fourth-order valence-corrected chi connectivity index (χ4v) is 2.59. The molecule has 1 aromatic rings. The fraction of sp³-hybridized carbons (Fsp3) is 0.533. The molecule has 2 atom stereocenters. The molecule has 4 nitrogen and oxygen atoms in total. The Hall–Kier alpha value is -1.71. The van der Waals surface area contributed by atoms with Crippen molar-refractivity contribution in [1.82, 2.24) is 0 Å². The van der Waals surface area contributed by atoms with Gasteiger partial charge in [0.1, 0.15) is 13.2 Å². The summed E-state index contributed by atoms with van der Waals surface area (Å²) in [5.41, 5.74) is 0.790. The summed E-state index contributed by atoms with van der Waals surface area (Å²) in [6.07, 6.45) is 1.88. The van der Waals surface area contributed by atoms with Crippen LogP contribution in [0, 0.1) is 5.92 Å². The van der Waals surface area contributed by atoms with Gasteiger partial charge in [-0.2, -0.15) is 0 Å². The SMILES string of the molecule is CCCC(C)C(C(=O)O)c1ccc2c(c1)OCCO2. The zero-order chi connectivity index (χ0) is 13.8. The number of hydrogen-bond acceptors (Lipinski definition) is 3. The van der Waals surface area contributed by atoms with Crippen molar-refractivity contribution in [3.63, 3.8) is 0 Å². The minimum Gasteiger partial charge on any atom is -0.486 e. The second-order valence-electron chi connectivity index (χ2n) is 4.98. The minimum absolute atomic E-state index is 0.102. The van der Waals surface area contributed by atoms with Gasteiger partial charge in [-0.05, 0) is 30.0 Å². The predicted molar refractivity (Wildman–Crippen MR) is 71.9 cm³/mol. The summed E-state index contributed by atoms with van der Waals surface area (Å²) >= 11 is 0. The molecule has 0 radical (unpaired) electrons. The Morgan fingerprint density at radius 3 is 2.63 bits per heavy atom. The van der Waals surface area contributed by atoms with E-state index in [1.54, 1.807) is 12.1 Å². The van der Waals surface area contributed by atoms with E-state index >= 15 is 0 Å². The summed E-state index contributed by atoms with van der Waals surface area (Å²) < 4.78 is 11.0. The normalized spacial score (nSPS) is 16.7. The van der Waals surface area contributed by atoms with Crippen molar-refractivity contribution in [3.05, 3.63) is 23.8 Å². The largest absolute Gasteiger partial charge is 0.486 e. The molecule has 2 unspecified atom stereocenters. The fourth-order valence-electron chi connectivity index (χ4n) is 2.59. The summed E-state index contributed by atoms with van der Waals surface area (Å²) in [4.78, 5) is 11.5. The van der Waals surface area contributed by atoms with E-state index in [9.17, 15) is 9.90 Å². The van der Waals surface area contributed by atoms with Crippen LogP contribution in [0.2, 0.25) is 0 Å². The van der Waals surface area contributed by atoms with Crippen LogP contribution in [-0.2, 0) is 4.79 Å². The van der Waals surface area contributed by atoms with Gasteiger partial charge < -0.3 is 14.6 Å². The highest BCUT2D eigenvalue weighted by Crippen LogP contribution is 2.36. The molecule has 104 valence electrons. The standard InChI is InChI=1S/C15H20O4/c1-3-4-10(2)14(15(16)17)11-5-6-12-13(9-11)19-8-7-18-12/h5-6,9-10,14H,3-4,7-8H2,1-2H3,(H,16,17). The number of fused-ring (bicyclic) bond motifs is 1. The van der Waals surface area contributed by atoms with Crippen LogP contribution in [0.4, 0.5) is 0 Å². The van der Waals surface area contributed by atoms with Gasteiger partial charge in [0.15, 0.2) is 11.5 Å². The highest BCUT2D eigenvalue weighted by Gasteiger charge is 2.27. The van der Waals surface area contributed by atoms with Crippen molar-refractivity contribution >= 4 is 5.97 Å². The highest BCUT2D eigenvalue weighted by atomic mass is 16.6. The average molecular weight is 264 g/mol. The number of benzene rings is 1. The first-order valence-electron chi connectivity index (χ1n) is 6.75. The van der Waals surface area contributed by atoms with E-state index in [-0.39, 0.29) is 5.92 Å². The van der Waals surface area contributed by atoms with Crippen LogP contribution in [0.5, 0.6) is 11.5 Å². The van der Waals surface area contributed by atoms with E-state index in [0.717, 1.165) is 18.4 Å². The van der Waals surface area contributed by atoms with E-state index in [1.807, 2.05) is 13.0 Å². The van der Waals surface area contributed by atoms with Gasteiger partial charge in [0.2, 0.25) is 0 Å². The van der Waals surface area contributed by atoms with Gasteiger partial charge in [-0.25, -0.2) is 0 Å². The molecule has 0 aromatic heterocycles. The molecule has 0 amide bonds. The lowest BCUT2D eigenvalue weighted by Crippen LogP contribution is -2.20. The number of aliphatic carboxylic acids is 1. The zero-order valence-electron chi connectivity index (χ0n) is 11.4.